The van der Waals surface area contributed by atoms with E-state index in [0.29, 0.717) is 12.1 Å². The SMILES string of the molecule is CCOC1CC(Nc2ccc(OC)c(CO)c2)C1(C)C. The molecular formula is C16H25NO3. The Morgan fingerprint density at radius 3 is 2.70 bits per heavy atom. The number of rotatable bonds is 6. The zero-order chi connectivity index (χ0) is 14.8. The molecular weight excluding hydrogens is 254 g/mol. The van der Waals surface area contributed by atoms with Crippen molar-refractivity contribution < 1.29 is 14.6 Å². The average Bonchev–Trinajstić information content (AvgIpc) is 2.46. The number of hydrogen-bond acceptors (Lipinski definition) is 4. The Hall–Kier alpha value is -1.26. The van der Waals surface area contributed by atoms with E-state index in [0.717, 1.165) is 30.0 Å². The molecule has 1 aliphatic carbocycles. The van der Waals surface area contributed by atoms with Gasteiger partial charge in [-0.25, -0.2) is 0 Å². The van der Waals surface area contributed by atoms with Crippen LogP contribution in [0, 0.1) is 5.41 Å². The van der Waals surface area contributed by atoms with Crippen molar-refractivity contribution in [3.05, 3.63) is 23.8 Å². The largest absolute Gasteiger partial charge is 0.496 e. The molecule has 0 heterocycles. The number of ether oxygens (including phenoxy) is 2. The summed E-state index contributed by atoms with van der Waals surface area (Å²) in [5.41, 5.74) is 1.94. The molecule has 0 radical (unpaired) electrons. The van der Waals surface area contributed by atoms with E-state index in [1.165, 1.54) is 0 Å². The molecule has 1 fully saturated rings. The van der Waals surface area contributed by atoms with Gasteiger partial charge < -0.3 is 19.9 Å². The minimum absolute atomic E-state index is 0.0195. The standard InChI is InChI=1S/C16H25NO3/c1-5-20-15-9-14(16(15,2)3)17-12-6-7-13(19-4)11(8-12)10-18/h6-8,14-15,17-18H,5,9-10H2,1-4H3. The Kier molecular flexibility index (Phi) is 4.55. The molecule has 1 aromatic rings. The fourth-order valence-electron chi connectivity index (χ4n) is 2.81. The van der Waals surface area contributed by atoms with Crippen LogP contribution in [0.5, 0.6) is 5.75 Å². The van der Waals surface area contributed by atoms with Crippen LogP contribution in [0.25, 0.3) is 0 Å². The fourth-order valence-corrected chi connectivity index (χ4v) is 2.81. The van der Waals surface area contributed by atoms with Crippen LogP contribution in [0.2, 0.25) is 0 Å². The first-order chi connectivity index (χ1) is 9.52. The van der Waals surface area contributed by atoms with Gasteiger partial charge in [-0.05, 0) is 31.5 Å². The highest BCUT2D eigenvalue weighted by molar-refractivity contribution is 5.52. The molecule has 1 saturated carbocycles. The highest BCUT2D eigenvalue weighted by Crippen LogP contribution is 2.44. The van der Waals surface area contributed by atoms with E-state index in [1.807, 2.05) is 25.1 Å². The summed E-state index contributed by atoms with van der Waals surface area (Å²) in [6.45, 7) is 7.23. The molecule has 0 amide bonds. The first-order valence-electron chi connectivity index (χ1n) is 7.18. The van der Waals surface area contributed by atoms with Crippen molar-refractivity contribution in [3.63, 3.8) is 0 Å². The van der Waals surface area contributed by atoms with Crippen molar-refractivity contribution in [3.8, 4) is 5.75 Å². The van der Waals surface area contributed by atoms with E-state index in [9.17, 15) is 5.11 Å². The van der Waals surface area contributed by atoms with Crippen LogP contribution in [0.4, 0.5) is 5.69 Å². The molecule has 0 aliphatic heterocycles. The number of nitrogens with one attached hydrogen (secondary N) is 1. The van der Waals surface area contributed by atoms with Crippen LogP contribution in [-0.4, -0.2) is 31.0 Å². The van der Waals surface area contributed by atoms with Gasteiger partial charge in [0.25, 0.3) is 0 Å². The molecule has 0 aromatic heterocycles. The third-order valence-electron chi connectivity index (χ3n) is 4.34. The van der Waals surface area contributed by atoms with Gasteiger partial charge in [-0.3, -0.25) is 0 Å². The van der Waals surface area contributed by atoms with Gasteiger partial charge in [0.05, 0.1) is 19.8 Å². The summed E-state index contributed by atoms with van der Waals surface area (Å²) < 4.78 is 11.0. The predicted molar refractivity (Wildman–Crippen MR) is 80.1 cm³/mol. The van der Waals surface area contributed by atoms with Crippen LogP contribution >= 0.6 is 0 Å². The Bertz CT molecular complexity index is 459. The van der Waals surface area contributed by atoms with Gasteiger partial charge in [0.2, 0.25) is 0 Å². The molecule has 2 N–H and O–H groups in total. The Balaban J connectivity index is 2.05. The van der Waals surface area contributed by atoms with E-state index in [1.54, 1.807) is 7.11 Å². The van der Waals surface area contributed by atoms with Crippen molar-refractivity contribution in [1.29, 1.82) is 0 Å². The molecule has 2 atom stereocenters. The highest BCUT2D eigenvalue weighted by atomic mass is 16.5. The molecule has 0 bridgehead atoms. The molecule has 2 unspecified atom stereocenters. The first-order valence-corrected chi connectivity index (χ1v) is 7.18. The molecule has 20 heavy (non-hydrogen) atoms. The molecule has 0 saturated heterocycles. The molecule has 4 heteroatoms. The Labute approximate surface area is 121 Å². The van der Waals surface area contributed by atoms with Gasteiger partial charge >= 0.3 is 0 Å². The first kappa shape index (κ1) is 15.1. The quantitative estimate of drug-likeness (QED) is 0.840. The maximum Gasteiger partial charge on any atom is 0.124 e. The number of methoxy groups -OCH3 is 1. The van der Waals surface area contributed by atoms with Crippen molar-refractivity contribution in [1.82, 2.24) is 0 Å². The second kappa shape index (κ2) is 6.02. The summed E-state index contributed by atoms with van der Waals surface area (Å²) in [7, 11) is 1.61. The smallest absolute Gasteiger partial charge is 0.124 e. The van der Waals surface area contributed by atoms with Gasteiger partial charge in [0, 0.05) is 29.3 Å². The topological polar surface area (TPSA) is 50.7 Å². The van der Waals surface area contributed by atoms with Crippen LogP contribution in [0.15, 0.2) is 18.2 Å². The molecule has 1 aliphatic rings. The van der Waals surface area contributed by atoms with Crippen molar-refractivity contribution in [2.45, 2.75) is 45.9 Å². The van der Waals surface area contributed by atoms with Crippen LogP contribution in [0.1, 0.15) is 32.8 Å². The lowest BCUT2D eigenvalue weighted by Crippen LogP contribution is -2.58. The van der Waals surface area contributed by atoms with E-state index < -0.39 is 0 Å². The van der Waals surface area contributed by atoms with Crippen LogP contribution < -0.4 is 10.1 Å². The molecule has 4 nitrogen and oxygen atoms in total. The van der Waals surface area contributed by atoms with Gasteiger partial charge in [0.1, 0.15) is 5.75 Å². The van der Waals surface area contributed by atoms with Gasteiger partial charge in [-0.2, -0.15) is 0 Å². The second-order valence-electron chi connectivity index (χ2n) is 5.88. The van der Waals surface area contributed by atoms with Crippen molar-refractivity contribution in [2.75, 3.05) is 19.0 Å². The van der Waals surface area contributed by atoms with Gasteiger partial charge in [-0.15, -0.1) is 0 Å². The van der Waals surface area contributed by atoms with Gasteiger partial charge in [0.15, 0.2) is 0 Å². The Morgan fingerprint density at radius 1 is 1.40 bits per heavy atom. The van der Waals surface area contributed by atoms with Crippen LogP contribution in [0.3, 0.4) is 0 Å². The van der Waals surface area contributed by atoms with Gasteiger partial charge in [-0.1, -0.05) is 13.8 Å². The van der Waals surface area contributed by atoms with E-state index >= 15 is 0 Å². The molecule has 0 spiro atoms. The van der Waals surface area contributed by atoms with E-state index in [-0.39, 0.29) is 12.0 Å². The normalized spacial score (nSPS) is 24.1. The number of aliphatic hydroxyl groups is 1. The summed E-state index contributed by atoms with van der Waals surface area (Å²) in [5, 5.41) is 12.9. The number of aliphatic hydroxyl groups excluding tert-OH is 1. The molecule has 1 aromatic carbocycles. The lowest BCUT2D eigenvalue weighted by atomic mass is 9.64. The predicted octanol–water partition coefficient (Wildman–Crippen LogP) is 2.80. The highest BCUT2D eigenvalue weighted by Gasteiger charge is 2.48. The summed E-state index contributed by atoms with van der Waals surface area (Å²) in [4.78, 5) is 0. The molecule has 112 valence electrons. The maximum atomic E-state index is 9.37. The van der Waals surface area contributed by atoms with E-state index in [4.69, 9.17) is 9.47 Å². The zero-order valence-corrected chi connectivity index (χ0v) is 12.8. The number of hydrogen-bond donors (Lipinski definition) is 2. The summed E-state index contributed by atoms with van der Waals surface area (Å²) in [6, 6.07) is 6.21. The van der Waals surface area contributed by atoms with E-state index in [2.05, 4.69) is 19.2 Å². The minimum Gasteiger partial charge on any atom is -0.496 e. The zero-order valence-electron chi connectivity index (χ0n) is 12.8. The summed E-state index contributed by atoms with van der Waals surface area (Å²) >= 11 is 0. The second-order valence-corrected chi connectivity index (χ2v) is 5.88. The lowest BCUT2D eigenvalue weighted by molar-refractivity contribution is -0.0975. The fraction of sp³-hybridized carbons (Fsp3) is 0.625. The maximum absolute atomic E-state index is 9.37. The minimum atomic E-state index is -0.0195. The summed E-state index contributed by atoms with van der Waals surface area (Å²) in [6.07, 6.45) is 1.34. The van der Waals surface area contributed by atoms with Crippen molar-refractivity contribution >= 4 is 5.69 Å². The Morgan fingerprint density at radius 2 is 2.15 bits per heavy atom. The number of benzene rings is 1. The monoisotopic (exact) mass is 279 g/mol. The lowest BCUT2D eigenvalue weighted by Gasteiger charge is -2.52. The third-order valence-corrected chi connectivity index (χ3v) is 4.34. The van der Waals surface area contributed by atoms with Crippen molar-refractivity contribution in [2.24, 2.45) is 5.41 Å². The van der Waals surface area contributed by atoms with Crippen LogP contribution in [-0.2, 0) is 11.3 Å². The third kappa shape index (κ3) is 2.76. The molecule has 2 rings (SSSR count). The average molecular weight is 279 g/mol. The summed E-state index contributed by atoms with van der Waals surface area (Å²) in [5.74, 6) is 0.720. The number of anilines is 1.